The van der Waals surface area contributed by atoms with E-state index in [9.17, 15) is 8.78 Å². The van der Waals surface area contributed by atoms with Crippen LogP contribution in [-0.2, 0) is 0 Å². The second-order valence-electron chi connectivity index (χ2n) is 7.69. The molecule has 0 aliphatic carbocycles. The Morgan fingerprint density at radius 1 is 0.758 bits per heavy atom. The Morgan fingerprint density at radius 2 is 1.52 bits per heavy atom. The molecule has 0 atom stereocenters. The number of rotatable bonds is 3. The van der Waals surface area contributed by atoms with Crippen LogP contribution in [0.15, 0.2) is 89.8 Å². The first kappa shape index (κ1) is 19.7. The fourth-order valence-electron chi connectivity index (χ4n) is 4.14. The summed E-state index contributed by atoms with van der Waals surface area (Å²) in [5, 5.41) is 5.38. The average Bonchev–Trinajstić information content (AvgIpc) is 2.81. The number of para-hydroxylation sites is 1. The van der Waals surface area contributed by atoms with Crippen LogP contribution in [0.4, 0.5) is 8.78 Å². The van der Waals surface area contributed by atoms with E-state index < -0.39 is 11.9 Å². The van der Waals surface area contributed by atoms with Crippen LogP contribution in [0.25, 0.3) is 50.0 Å². The highest BCUT2D eigenvalue weighted by atomic mass is 32.1. The van der Waals surface area contributed by atoms with Gasteiger partial charge in [0.05, 0.1) is 11.4 Å². The van der Waals surface area contributed by atoms with E-state index in [0.29, 0.717) is 5.56 Å². The van der Waals surface area contributed by atoms with Crippen molar-refractivity contribution in [2.45, 2.75) is 4.90 Å². The lowest BCUT2D eigenvalue weighted by molar-refractivity contribution is 0.515. The molecule has 0 aliphatic rings. The summed E-state index contributed by atoms with van der Waals surface area (Å²) in [7, 11) is 0. The maximum atomic E-state index is 14.3. The molecule has 0 aliphatic heterocycles. The number of hydrogen-bond donors (Lipinski definition) is 2. The van der Waals surface area contributed by atoms with E-state index in [4.69, 9.17) is 4.98 Å². The Labute approximate surface area is 192 Å². The van der Waals surface area contributed by atoms with Crippen molar-refractivity contribution in [3.05, 3.63) is 96.8 Å². The maximum Gasteiger partial charge on any atom is 0.223 e. The van der Waals surface area contributed by atoms with Gasteiger partial charge in [0.2, 0.25) is 11.9 Å². The van der Waals surface area contributed by atoms with Gasteiger partial charge in [-0.05, 0) is 35.9 Å². The van der Waals surface area contributed by atoms with Crippen LogP contribution >= 0.6 is 12.6 Å². The number of hydrogen-bond acceptors (Lipinski definition) is 3. The molecule has 6 aromatic rings. The second-order valence-corrected chi connectivity index (χ2v) is 8.18. The Bertz CT molecular complexity index is 1670. The number of aromatic nitrogens is 4. The van der Waals surface area contributed by atoms with E-state index in [1.54, 1.807) is 6.07 Å². The van der Waals surface area contributed by atoms with Crippen molar-refractivity contribution in [2.75, 3.05) is 0 Å². The van der Waals surface area contributed by atoms with Gasteiger partial charge in [-0.3, -0.25) is 5.10 Å². The van der Waals surface area contributed by atoms with Crippen LogP contribution in [0.1, 0.15) is 0 Å². The van der Waals surface area contributed by atoms with Crippen molar-refractivity contribution in [2.24, 2.45) is 0 Å². The SMILES string of the molecule is Fc1ccc(-c2cccc(-c3nc4c([nH]n4-c4ccccc4S)c4ccccc34)c2)c(F)n1. The first-order valence-electron chi connectivity index (χ1n) is 10.3. The average molecular weight is 455 g/mol. The quantitative estimate of drug-likeness (QED) is 0.228. The number of nitrogens with one attached hydrogen (secondary N) is 1. The zero-order chi connectivity index (χ0) is 22.5. The fourth-order valence-corrected chi connectivity index (χ4v) is 4.40. The predicted molar refractivity (Wildman–Crippen MR) is 129 cm³/mol. The highest BCUT2D eigenvalue weighted by Crippen LogP contribution is 2.36. The number of aromatic amines is 1. The number of thiol groups is 1. The highest BCUT2D eigenvalue weighted by molar-refractivity contribution is 7.80. The number of fused-ring (bicyclic) bond motifs is 3. The molecule has 0 spiro atoms. The van der Waals surface area contributed by atoms with Crippen molar-refractivity contribution in [3.8, 4) is 28.1 Å². The first-order valence-corrected chi connectivity index (χ1v) is 10.8. The molecule has 4 nitrogen and oxygen atoms in total. The summed E-state index contributed by atoms with van der Waals surface area (Å²) in [6.45, 7) is 0. The first-order chi connectivity index (χ1) is 16.1. The largest absolute Gasteiger partial charge is 0.288 e. The Hall–Kier alpha value is -3.97. The van der Waals surface area contributed by atoms with E-state index in [0.717, 1.165) is 49.8 Å². The van der Waals surface area contributed by atoms with E-state index in [2.05, 4.69) is 22.7 Å². The Balaban J connectivity index is 1.58. The van der Waals surface area contributed by atoms with Crippen molar-refractivity contribution in [3.63, 3.8) is 0 Å². The van der Waals surface area contributed by atoms with Gasteiger partial charge in [-0.2, -0.15) is 13.8 Å². The molecule has 0 amide bonds. The summed E-state index contributed by atoms with van der Waals surface area (Å²) in [6, 6.07) is 25.7. The molecule has 7 heteroatoms. The lowest BCUT2D eigenvalue weighted by atomic mass is 9.99. The van der Waals surface area contributed by atoms with Crippen molar-refractivity contribution < 1.29 is 8.78 Å². The molecule has 0 unspecified atom stereocenters. The summed E-state index contributed by atoms with van der Waals surface area (Å²) >= 11 is 4.58. The van der Waals surface area contributed by atoms with Gasteiger partial charge in [0, 0.05) is 26.8 Å². The van der Waals surface area contributed by atoms with E-state index in [1.165, 1.54) is 6.07 Å². The van der Waals surface area contributed by atoms with Gasteiger partial charge in [0.1, 0.15) is 5.52 Å². The Morgan fingerprint density at radius 3 is 2.33 bits per heavy atom. The van der Waals surface area contributed by atoms with Crippen molar-refractivity contribution >= 4 is 34.6 Å². The smallest absolute Gasteiger partial charge is 0.223 e. The van der Waals surface area contributed by atoms with Crippen LogP contribution in [0, 0.1) is 11.9 Å². The number of halogens is 2. The zero-order valence-corrected chi connectivity index (χ0v) is 18.0. The molecular formula is C26H16F2N4S. The number of pyridine rings is 2. The van der Waals surface area contributed by atoms with Gasteiger partial charge in [0.25, 0.3) is 0 Å². The van der Waals surface area contributed by atoms with Gasteiger partial charge in [-0.15, -0.1) is 12.6 Å². The van der Waals surface area contributed by atoms with Gasteiger partial charge in [0.15, 0.2) is 5.65 Å². The van der Waals surface area contributed by atoms with Crippen LogP contribution < -0.4 is 0 Å². The van der Waals surface area contributed by atoms with Gasteiger partial charge in [-0.25, -0.2) is 9.67 Å². The van der Waals surface area contributed by atoms with Crippen LogP contribution in [-0.4, -0.2) is 19.7 Å². The third kappa shape index (κ3) is 3.20. The molecule has 0 bridgehead atoms. The molecule has 0 fully saturated rings. The summed E-state index contributed by atoms with van der Waals surface area (Å²) in [6.07, 6.45) is 0. The molecule has 3 heterocycles. The molecule has 1 N–H and O–H groups in total. The topological polar surface area (TPSA) is 46.5 Å². The minimum atomic E-state index is -0.848. The van der Waals surface area contributed by atoms with Gasteiger partial charge < -0.3 is 0 Å². The van der Waals surface area contributed by atoms with Gasteiger partial charge >= 0.3 is 0 Å². The molecular weight excluding hydrogens is 438 g/mol. The monoisotopic (exact) mass is 454 g/mol. The third-order valence-electron chi connectivity index (χ3n) is 5.71. The normalized spacial score (nSPS) is 11.5. The zero-order valence-electron chi connectivity index (χ0n) is 17.1. The summed E-state index contributed by atoms with van der Waals surface area (Å²) in [4.78, 5) is 9.13. The molecule has 33 heavy (non-hydrogen) atoms. The third-order valence-corrected chi connectivity index (χ3v) is 6.09. The summed E-state index contributed by atoms with van der Waals surface area (Å²) in [5.74, 6) is -1.69. The molecule has 0 radical (unpaired) electrons. The minimum absolute atomic E-state index is 0.235. The van der Waals surface area contributed by atoms with Crippen molar-refractivity contribution in [1.82, 2.24) is 19.7 Å². The van der Waals surface area contributed by atoms with E-state index in [-0.39, 0.29) is 5.56 Å². The van der Waals surface area contributed by atoms with Crippen LogP contribution in [0.2, 0.25) is 0 Å². The summed E-state index contributed by atoms with van der Waals surface area (Å²) in [5.41, 5.74) is 5.04. The molecule has 6 rings (SSSR count). The standard InChI is InChI=1S/C26H16F2N4S/c27-22-13-12-17(25(28)29-22)15-6-5-7-16(14-15)23-18-8-1-2-9-19(18)24-26(30-23)32(31-24)20-10-3-4-11-21(20)33/h1-14,31,33H. The lowest BCUT2D eigenvalue weighted by Crippen LogP contribution is -2.12. The molecule has 160 valence electrons. The van der Waals surface area contributed by atoms with E-state index in [1.807, 2.05) is 71.4 Å². The van der Waals surface area contributed by atoms with Crippen molar-refractivity contribution in [1.29, 1.82) is 0 Å². The number of benzene rings is 3. The molecule has 3 aromatic carbocycles. The number of H-pyrrole nitrogens is 1. The molecule has 3 aromatic heterocycles. The van der Waals surface area contributed by atoms with Crippen LogP contribution in [0.5, 0.6) is 0 Å². The number of nitrogens with zero attached hydrogens (tertiary/aromatic N) is 3. The maximum absolute atomic E-state index is 14.3. The summed E-state index contributed by atoms with van der Waals surface area (Å²) < 4.78 is 29.5. The lowest BCUT2D eigenvalue weighted by Gasteiger charge is -2.20. The molecule has 0 saturated heterocycles. The van der Waals surface area contributed by atoms with Gasteiger partial charge in [-0.1, -0.05) is 54.6 Å². The minimum Gasteiger partial charge on any atom is -0.288 e. The Kier molecular flexibility index (Phi) is 4.52. The van der Waals surface area contributed by atoms with E-state index >= 15 is 0 Å². The fraction of sp³-hybridized carbons (Fsp3) is 0. The van der Waals surface area contributed by atoms with Crippen LogP contribution in [0.3, 0.4) is 0 Å². The molecule has 0 saturated carbocycles. The second kappa shape index (κ2) is 7.56. The highest BCUT2D eigenvalue weighted by Gasteiger charge is 2.18. The predicted octanol–water partition coefficient (Wildman–Crippen LogP) is 6.80.